The Hall–Kier alpha value is -1.76. The maximum Gasteiger partial charge on any atom is 0.232 e. The van der Waals surface area contributed by atoms with Gasteiger partial charge in [0.05, 0.1) is 30.9 Å². The van der Waals surface area contributed by atoms with E-state index >= 15 is 0 Å². The molecule has 1 aromatic rings. The van der Waals surface area contributed by atoms with Crippen LogP contribution in [0.5, 0.6) is 0 Å². The van der Waals surface area contributed by atoms with E-state index in [-0.39, 0.29) is 17.2 Å². The van der Waals surface area contributed by atoms with Crippen LogP contribution in [0.1, 0.15) is 18.7 Å². The summed E-state index contributed by atoms with van der Waals surface area (Å²) in [7, 11) is -1.52. The van der Waals surface area contributed by atoms with Crippen LogP contribution in [0.25, 0.3) is 0 Å². The molecule has 0 amide bonds. The lowest BCUT2D eigenvalue weighted by Crippen LogP contribution is -2.45. The summed E-state index contributed by atoms with van der Waals surface area (Å²) >= 11 is 0. The van der Waals surface area contributed by atoms with Gasteiger partial charge < -0.3 is 9.64 Å². The van der Waals surface area contributed by atoms with E-state index < -0.39 is 10.0 Å². The minimum atomic E-state index is -3.19. The third-order valence-electron chi connectivity index (χ3n) is 5.48. The van der Waals surface area contributed by atoms with Crippen molar-refractivity contribution in [2.75, 3.05) is 51.1 Å². The summed E-state index contributed by atoms with van der Waals surface area (Å²) in [5.74, 6) is 0.378. The smallest absolute Gasteiger partial charge is 0.232 e. The first kappa shape index (κ1) is 18.0. The Morgan fingerprint density at radius 2 is 2.00 bits per heavy atom. The van der Waals surface area contributed by atoms with Crippen molar-refractivity contribution < 1.29 is 13.2 Å². The van der Waals surface area contributed by atoms with Gasteiger partial charge in [0.15, 0.2) is 0 Å². The summed E-state index contributed by atoms with van der Waals surface area (Å²) in [4.78, 5) is 10.3. The van der Waals surface area contributed by atoms with Gasteiger partial charge in [0.1, 0.15) is 6.07 Å². The molecular weight excluding hydrogens is 342 g/mol. The van der Waals surface area contributed by atoms with E-state index in [0.29, 0.717) is 19.7 Å². The topological polar surface area (TPSA) is 99.4 Å². The van der Waals surface area contributed by atoms with Gasteiger partial charge in [-0.25, -0.2) is 22.7 Å². The lowest BCUT2D eigenvalue weighted by Gasteiger charge is -2.43. The van der Waals surface area contributed by atoms with Crippen molar-refractivity contribution >= 4 is 15.7 Å². The molecule has 0 saturated carbocycles. The first-order chi connectivity index (χ1) is 11.9. The SMILES string of the molecule is COCC1CN(S(C)(=O)=O)CC12CCN(c1cnc(C#N)nc1)CC2. The zero-order chi connectivity index (χ0) is 18.1. The highest BCUT2D eigenvalue weighted by atomic mass is 32.2. The molecule has 1 spiro atoms. The van der Waals surface area contributed by atoms with E-state index in [9.17, 15) is 8.42 Å². The fourth-order valence-corrected chi connectivity index (χ4v) is 4.93. The number of methoxy groups -OCH3 is 1. The second kappa shape index (κ2) is 6.86. The summed E-state index contributed by atoms with van der Waals surface area (Å²) < 4.78 is 30.9. The Balaban J connectivity index is 1.73. The maximum absolute atomic E-state index is 12.0. The number of nitrogens with zero attached hydrogens (tertiary/aromatic N) is 5. The Kier molecular flexibility index (Phi) is 4.95. The van der Waals surface area contributed by atoms with Crippen LogP contribution in [0.2, 0.25) is 0 Å². The Bertz CT molecular complexity index is 751. The minimum absolute atomic E-state index is 0.0386. The van der Waals surface area contributed by atoms with Crippen molar-refractivity contribution in [1.82, 2.24) is 14.3 Å². The fraction of sp³-hybridized carbons (Fsp3) is 0.688. The van der Waals surface area contributed by atoms with Gasteiger partial charge in [0, 0.05) is 39.2 Å². The first-order valence-corrected chi connectivity index (χ1v) is 10.1. The molecule has 0 aliphatic carbocycles. The number of hydrogen-bond donors (Lipinski definition) is 0. The molecule has 1 aromatic heterocycles. The van der Waals surface area contributed by atoms with Crippen LogP contribution in [0.3, 0.4) is 0 Å². The van der Waals surface area contributed by atoms with Crippen LogP contribution >= 0.6 is 0 Å². The molecule has 136 valence electrons. The maximum atomic E-state index is 12.0. The van der Waals surface area contributed by atoms with Crippen molar-refractivity contribution in [3.05, 3.63) is 18.2 Å². The number of rotatable bonds is 4. The molecule has 1 atom stereocenters. The molecule has 0 bridgehead atoms. The van der Waals surface area contributed by atoms with Gasteiger partial charge in [0.25, 0.3) is 0 Å². The van der Waals surface area contributed by atoms with E-state index in [2.05, 4.69) is 14.9 Å². The van der Waals surface area contributed by atoms with Gasteiger partial charge in [-0.1, -0.05) is 0 Å². The van der Waals surface area contributed by atoms with Gasteiger partial charge in [-0.2, -0.15) is 5.26 Å². The molecule has 1 unspecified atom stereocenters. The van der Waals surface area contributed by atoms with Gasteiger partial charge in [-0.3, -0.25) is 0 Å². The Morgan fingerprint density at radius 1 is 1.36 bits per heavy atom. The van der Waals surface area contributed by atoms with Gasteiger partial charge in [-0.05, 0) is 18.3 Å². The van der Waals surface area contributed by atoms with Gasteiger partial charge in [0.2, 0.25) is 15.8 Å². The Labute approximate surface area is 148 Å². The predicted molar refractivity (Wildman–Crippen MR) is 92.4 cm³/mol. The average Bonchev–Trinajstić information content (AvgIpc) is 2.95. The van der Waals surface area contributed by atoms with Crippen LogP contribution in [0.15, 0.2) is 12.4 Å². The molecule has 3 heterocycles. The second-order valence-corrected chi connectivity index (χ2v) is 8.92. The first-order valence-electron chi connectivity index (χ1n) is 8.29. The molecule has 9 heteroatoms. The standard InChI is InChI=1S/C16H23N5O3S/c1-24-11-13-10-21(25(2,22)23)12-16(13)3-5-20(6-4-16)14-8-18-15(7-17)19-9-14/h8-9,13H,3-6,10-12H2,1-2H3. The predicted octanol–water partition coefficient (Wildman–Crippen LogP) is 0.473. The van der Waals surface area contributed by atoms with Crippen molar-refractivity contribution in [3.63, 3.8) is 0 Å². The molecular formula is C16H23N5O3S. The molecule has 8 nitrogen and oxygen atoms in total. The lowest BCUT2D eigenvalue weighted by atomic mass is 9.71. The molecule has 0 radical (unpaired) electrons. The zero-order valence-electron chi connectivity index (χ0n) is 14.6. The summed E-state index contributed by atoms with van der Waals surface area (Å²) in [6.45, 7) is 3.30. The van der Waals surface area contributed by atoms with Crippen LogP contribution in [0.4, 0.5) is 5.69 Å². The molecule has 0 N–H and O–H groups in total. The molecule has 2 saturated heterocycles. The molecule has 3 rings (SSSR count). The van der Waals surface area contributed by atoms with Crippen molar-refractivity contribution in [1.29, 1.82) is 5.26 Å². The summed E-state index contributed by atoms with van der Waals surface area (Å²) in [6.07, 6.45) is 6.42. The van der Waals surface area contributed by atoms with E-state index in [4.69, 9.17) is 10.00 Å². The third-order valence-corrected chi connectivity index (χ3v) is 6.70. The molecule has 2 aliphatic rings. The van der Waals surface area contributed by atoms with E-state index in [1.165, 1.54) is 6.26 Å². The summed E-state index contributed by atoms with van der Waals surface area (Å²) in [5, 5.41) is 8.79. The number of ether oxygens (including phenoxy) is 1. The average molecular weight is 365 g/mol. The van der Waals surface area contributed by atoms with Gasteiger partial charge >= 0.3 is 0 Å². The van der Waals surface area contributed by atoms with Crippen LogP contribution in [-0.4, -0.2) is 68.8 Å². The zero-order valence-corrected chi connectivity index (χ0v) is 15.4. The number of hydrogen-bond acceptors (Lipinski definition) is 7. The highest BCUT2D eigenvalue weighted by molar-refractivity contribution is 7.88. The summed E-state index contributed by atoms with van der Waals surface area (Å²) in [5.41, 5.74) is 0.860. The van der Waals surface area contributed by atoms with E-state index in [1.807, 2.05) is 6.07 Å². The molecule has 0 aromatic carbocycles. The third kappa shape index (κ3) is 3.61. The largest absolute Gasteiger partial charge is 0.384 e. The van der Waals surface area contributed by atoms with Crippen molar-refractivity contribution in [2.24, 2.45) is 11.3 Å². The quantitative estimate of drug-likeness (QED) is 0.765. The Morgan fingerprint density at radius 3 is 2.52 bits per heavy atom. The highest BCUT2D eigenvalue weighted by Crippen LogP contribution is 2.46. The summed E-state index contributed by atoms with van der Waals surface area (Å²) in [6, 6.07) is 1.92. The normalized spacial score (nSPS) is 23.7. The monoisotopic (exact) mass is 365 g/mol. The molecule has 2 fully saturated rings. The number of anilines is 1. The molecule has 2 aliphatic heterocycles. The second-order valence-electron chi connectivity index (χ2n) is 6.93. The van der Waals surface area contributed by atoms with Crippen molar-refractivity contribution in [3.8, 4) is 6.07 Å². The number of piperidine rings is 1. The van der Waals surface area contributed by atoms with Crippen LogP contribution < -0.4 is 4.90 Å². The van der Waals surface area contributed by atoms with E-state index in [1.54, 1.807) is 23.8 Å². The van der Waals surface area contributed by atoms with Gasteiger partial charge in [-0.15, -0.1) is 0 Å². The van der Waals surface area contributed by atoms with Crippen molar-refractivity contribution in [2.45, 2.75) is 12.8 Å². The number of sulfonamides is 1. The van der Waals surface area contributed by atoms with Crippen LogP contribution in [-0.2, 0) is 14.8 Å². The number of nitriles is 1. The number of aromatic nitrogens is 2. The highest BCUT2D eigenvalue weighted by Gasteiger charge is 2.50. The van der Waals surface area contributed by atoms with E-state index in [0.717, 1.165) is 31.6 Å². The molecule has 25 heavy (non-hydrogen) atoms. The minimum Gasteiger partial charge on any atom is -0.384 e. The van der Waals surface area contributed by atoms with Crippen LogP contribution in [0, 0.1) is 22.7 Å². The lowest BCUT2D eigenvalue weighted by molar-refractivity contribution is 0.0764. The fourth-order valence-electron chi connectivity index (χ4n) is 3.99.